The summed E-state index contributed by atoms with van der Waals surface area (Å²) < 4.78 is 10.8. The van der Waals surface area contributed by atoms with Crippen LogP contribution in [-0.2, 0) is 19.1 Å². The van der Waals surface area contributed by atoms with Gasteiger partial charge in [-0.3, -0.25) is 9.59 Å². The van der Waals surface area contributed by atoms with Crippen LogP contribution >= 0.6 is 0 Å². The molecule has 0 aromatic heterocycles. The Morgan fingerprint density at radius 3 is 0.643 bits per heavy atom. The van der Waals surface area contributed by atoms with Gasteiger partial charge in [-0.05, 0) is 38.5 Å². The maximum Gasteiger partial charge on any atom is 0.306 e. The summed E-state index contributed by atoms with van der Waals surface area (Å²) in [5.74, 6) is -0.558. The summed E-state index contributed by atoms with van der Waals surface area (Å²) in [5, 5.41) is 9.72. The second kappa shape index (κ2) is 75.9. The third kappa shape index (κ3) is 73.1. The Morgan fingerprint density at radius 1 is 0.262 bits per heavy atom. The lowest BCUT2D eigenvalue weighted by Crippen LogP contribution is -2.28. The molecule has 0 saturated heterocycles. The predicted octanol–water partition coefficient (Wildman–Crippen LogP) is 27.3. The van der Waals surface area contributed by atoms with Crippen molar-refractivity contribution in [3.8, 4) is 0 Å². The number of allylic oxidation sites excluding steroid dienone is 2. The van der Waals surface area contributed by atoms with E-state index in [-0.39, 0.29) is 25.2 Å². The molecular weight excluding hydrogens is 1030 g/mol. The standard InChI is InChI=1S/C79H154O5/c1-3-5-7-9-11-13-15-17-19-21-23-25-27-29-31-33-35-37-38-39-40-42-43-45-47-49-51-53-55-57-59-61-63-65-67-69-71-73-78(81)83-76-77(75-80)84-79(82)74-72-70-68-66-64-62-60-58-56-54-52-50-48-46-44-41-36-34-32-30-28-26-24-22-20-18-16-14-12-10-8-6-4-2/h22,24,77,80H,3-21,23,25-76H2,1-2H3/b24-22-. The summed E-state index contributed by atoms with van der Waals surface area (Å²) >= 11 is 0. The number of carbonyl (C=O) groups excluding carboxylic acids is 2. The Bertz CT molecular complexity index is 1250. The molecule has 0 rings (SSSR count). The van der Waals surface area contributed by atoms with E-state index in [0.717, 1.165) is 32.1 Å². The highest BCUT2D eigenvalue weighted by molar-refractivity contribution is 5.70. The van der Waals surface area contributed by atoms with Crippen LogP contribution in [0, 0.1) is 0 Å². The van der Waals surface area contributed by atoms with Crippen molar-refractivity contribution >= 4 is 11.9 Å². The van der Waals surface area contributed by atoms with E-state index >= 15 is 0 Å². The van der Waals surface area contributed by atoms with Gasteiger partial charge in [0.1, 0.15) is 6.61 Å². The van der Waals surface area contributed by atoms with Gasteiger partial charge >= 0.3 is 11.9 Å². The van der Waals surface area contributed by atoms with Gasteiger partial charge in [0.05, 0.1) is 6.61 Å². The normalized spacial score (nSPS) is 12.1. The summed E-state index contributed by atoms with van der Waals surface area (Å²) in [5.41, 5.74) is 0. The largest absolute Gasteiger partial charge is 0.462 e. The molecule has 500 valence electrons. The minimum atomic E-state index is -0.768. The average molecular weight is 1180 g/mol. The minimum Gasteiger partial charge on any atom is -0.462 e. The van der Waals surface area contributed by atoms with E-state index in [0.29, 0.717) is 12.8 Å². The Hall–Kier alpha value is -1.36. The van der Waals surface area contributed by atoms with Gasteiger partial charge in [0.15, 0.2) is 6.10 Å². The van der Waals surface area contributed by atoms with Crippen LogP contribution in [0.2, 0.25) is 0 Å². The van der Waals surface area contributed by atoms with E-state index < -0.39 is 6.10 Å². The molecule has 0 aliphatic heterocycles. The zero-order valence-electron chi connectivity index (χ0n) is 57.7. The van der Waals surface area contributed by atoms with Crippen LogP contribution in [-0.4, -0.2) is 36.4 Å². The van der Waals surface area contributed by atoms with Gasteiger partial charge in [0.25, 0.3) is 0 Å². The first kappa shape index (κ1) is 82.6. The molecule has 0 saturated carbocycles. The summed E-state index contributed by atoms with van der Waals surface area (Å²) in [6.45, 7) is 4.23. The minimum absolute atomic E-state index is 0.0563. The molecule has 0 bridgehead atoms. The molecule has 0 amide bonds. The number of esters is 2. The Balaban J connectivity index is 3.34. The van der Waals surface area contributed by atoms with E-state index in [1.807, 2.05) is 0 Å². The smallest absolute Gasteiger partial charge is 0.306 e. The molecular formula is C79H154O5. The maximum atomic E-state index is 12.4. The quantitative estimate of drug-likeness (QED) is 0.0373. The van der Waals surface area contributed by atoms with Gasteiger partial charge < -0.3 is 14.6 Å². The summed E-state index contributed by atoms with van der Waals surface area (Å²) in [6.07, 6.45) is 98.8. The highest BCUT2D eigenvalue weighted by Gasteiger charge is 2.16. The van der Waals surface area contributed by atoms with Crippen LogP contribution in [0.15, 0.2) is 12.2 Å². The molecule has 0 aliphatic carbocycles. The van der Waals surface area contributed by atoms with Gasteiger partial charge in [-0.1, -0.05) is 424 Å². The number of aliphatic hydroxyl groups excluding tert-OH is 1. The molecule has 84 heavy (non-hydrogen) atoms. The fourth-order valence-corrected chi connectivity index (χ4v) is 12.7. The molecule has 0 heterocycles. The Kier molecular flexibility index (Phi) is 74.7. The Morgan fingerprint density at radius 2 is 0.440 bits per heavy atom. The molecule has 0 aromatic rings. The number of aliphatic hydroxyl groups is 1. The number of ether oxygens (including phenoxy) is 2. The third-order valence-corrected chi connectivity index (χ3v) is 18.6. The van der Waals surface area contributed by atoms with Gasteiger partial charge in [-0.25, -0.2) is 0 Å². The first-order valence-corrected chi connectivity index (χ1v) is 39.2. The summed E-state index contributed by atoms with van der Waals surface area (Å²) in [4.78, 5) is 24.7. The molecule has 0 radical (unpaired) electrons. The zero-order chi connectivity index (χ0) is 60.5. The molecule has 5 heteroatoms. The van der Waals surface area contributed by atoms with Crippen LogP contribution in [0.5, 0.6) is 0 Å². The van der Waals surface area contributed by atoms with Crippen LogP contribution in [0.1, 0.15) is 463 Å². The summed E-state index contributed by atoms with van der Waals surface area (Å²) in [6, 6.07) is 0. The number of hydrogen-bond donors (Lipinski definition) is 1. The molecule has 0 spiro atoms. The summed E-state index contributed by atoms with van der Waals surface area (Å²) in [7, 11) is 0. The lowest BCUT2D eigenvalue weighted by molar-refractivity contribution is -0.161. The van der Waals surface area contributed by atoms with Crippen LogP contribution in [0.3, 0.4) is 0 Å². The molecule has 1 N–H and O–H groups in total. The number of hydrogen-bond acceptors (Lipinski definition) is 5. The second-order valence-electron chi connectivity index (χ2n) is 27.2. The van der Waals surface area contributed by atoms with Crippen molar-refractivity contribution in [1.82, 2.24) is 0 Å². The van der Waals surface area contributed by atoms with Crippen LogP contribution < -0.4 is 0 Å². The molecule has 1 atom stereocenters. The maximum absolute atomic E-state index is 12.4. The van der Waals surface area contributed by atoms with Crippen molar-refractivity contribution < 1.29 is 24.2 Å². The number of rotatable bonds is 75. The van der Waals surface area contributed by atoms with Crippen LogP contribution in [0.25, 0.3) is 0 Å². The van der Waals surface area contributed by atoms with E-state index in [9.17, 15) is 14.7 Å². The van der Waals surface area contributed by atoms with E-state index in [1.165, 1.54) is 405 Å². The highest BCUT2D eigenvalue weighted by Crippen LogP contribution is 2.20. The fraction of sp³-hybridized carbons (Fsp3) is 0.949. The zero-order valence-corrected chi connectivity index (χ0v) is 57.7. The number of unbranched alkanes of at least 4 members (excludes halogenated alkanes) is 65. The molecule has 0 aliphatic rings. The van der Waals surface area contributed by atoms with Crippen molar-refractivity contribution in [1.29, 1.82) is 0 Å². The molecule has 0 aromatic carbocycles. The molecule has 1 unspecified atom stereocenters. The van der Waals surface area contributed by atoms with Crippen molar-refractivity contribution in [2.24, 2.45) is 0 Å². The van der Waals surface area contributed by atoms with Gasteiger partial charge in [0.2, 0.25) is 0 Å². The van der Waals surface area contributed by atoms with Crippen molar-refractivity contribution in [3.05, 3.63) is 12.2 Å². The SMILES string of the molecule is CCCCCCCCCC/C=C\CCCCCCCCCCCCCCCCCCCCCCCC(=O)OC(CO)COC(=O)CCCCCCCCCCCCCCCCCCCCCCCCCCCCCCCCCCCCCCC. The second-order valence-corrected chi connectivity index (χ2v) is 27.2. The molecule has 0 fully saturated rings. The van der Waals surface area contributed by atoms with E-state index in [1.54, 1.807) is 0 Å². The first-order valence-electron chi connectivity index (χ1n) is 39.2. The molecule has 5 nitrogen and oxygen atoms in total. The third-order valence-electron chi connectivity index (χ3n) is 18.6. The van der Waals surface area contributed by atoms with E-state index in [2.05, 4.69) is 26.0 Å². The lowest BCUT2D eigenvalue weighted by Gasteiger charge is -2.15. The monoisotopic (exact) mass is 1180 g/mol. The number of carbonyl (C=O) groups is 2. The predicted molar refractivity (Wildman–Crippen MR) is 372 cm³/mol. The van der Waals surface area contributed by atoms with Crippen LogP contribution in [0.4, 0.5) is 0 Å². The van der Waals surface area contributed by atoms with Gasteiger partial charge in [-0.15, -0.1) is 0 Å². The highest BCUT2D eigenvalue weighted by atomic mass is 16.6. The first-order chi connectivity index (χ1) is 41.6. The lowest BCUT2D eigenvalue weighted by atomic mass is 10.0. The van der Waals surface area contributed by atoms with Gasteiger partial charge in [-0.2, -0.15) is 0 Å². The Labute approximate surface area is 528 Å². The topological polar surface area (TPSA) is 72.8 Å². The fourth-order valence-electron chi connectivity index (χ4n) is 12.7. The van der Waals surface area contributed by atoms with Gasteiger partial charge in [0, 0.05) is 12.8 Å². The van der Waals surface area contributed by atoms with Crippen molar-refractivity contribution in [2.75, 3.05) is 13.2 Å². The van der Waals surface area contributed by atoms with Crippen molar-refractivity contribution in [3.63, 3.8) is 0 Å². The van der Waals surface area contributed by atoms with Crippen molar-refractivity contribution in [2.45, 2.75) is 469 Å². The average Bonchev–Trinajstić information content (AvgIpc) is 3.51. The van der Waals surface area contributed by atoms with E-state index in [4.69, 9.17) is 9.47 Å².